The van der Waals surface area contributed by atoms with Crippen LogP contribution in [0.4, 0.5) is 0 Å². The van der Waals surface area contributed by atoms with Gasteiger partial charge in [-0.05, 0) is 79.9 Å². The smallest absolute Gasteiger partial charge is 0.124 e. The lowest BCUT2D eigenvalue weighted by molar-refractivity contribution is 0.794. The molecule has 4 aromatic heterocycles. The SMILES string of the molecule is c1ccc2c(c1)-c1ccccc1C21c2cc(-c3cncc(-c4nccs4)c3)ccc2-c2ccc(-c3cncc(-c4nccs4)c3)cc21. The fourth-order valence-corrected chi connectivity index (χ4v) is 8.90. The Morgan fingerprint density at radius 3 is 1.32 bits per heavy atom. The highest BCUT2D eigenvalue weighted by molar-refractivity contribution is 7.13. The summed E-state index contributed by atoms with van der Waals surface area (Å²) in [4.78, 5) is 18.4. The lowest BCUT2D eigenvalue weighted by Crippen LogP contribution is -2.26. The minimum Gasteiger partial charge on any atom is -0.263 e. The van der Waals surface area contributed by atoms with Gasteiger partial charge in [-0.25, -0.2) is 9.97 Å². The maximum absolute atomic E-state index is 4.64. The number of benzene rings is 4. The van der Waals surface area contributed by atoms with Crippen LogP contribution in [-0.2, 0) is 5.41 Å². The zero-order chi connectivity index (χ0) is 31.0. The summed E-state index contributed by atoms with van der Waals surface area (Å²) in [5, 5.41) is 5.97. The van der Waals surface area contributed by atoms with E-state index in [2.05, 4.69) is 117 Å². The topological polar surface area (TPSA) is 51.6 Å². The highest BCUT2D eigenvalue weighted by atomic mass is 32.1. The molecule has 0 saturated heterocycles. The second-order valence-corrected chi connectivity index (χ2v) is 13.8. The maximum Gasteiger partial charge on any atom is 0.124 e. The molecule has 0 amide bonds. The third-order valence-corrected chi connectivity index (χ3v) is 11.2. The monoisotopic (exact) mass is 636 g/mol. The van der Waals surface area contributed by atoms with Gasteiger partial charge in [0.1, 0.15) is 10.0 Å². The van der Waals surface area contributed by atoms with Crippen molar-refractivity contribution < 1.29 is 0 Å². The number of hydrogen-bond acceptors (Lipinski definition) is 6. The van der Waals surface area contributed by atoms with Crippen LogP contribution in [0.5, 0.6) is 0 Å². The van der Waals surface area contributed by atoms with Crippen LogP contribution in [0.2, 0.25) is 0 Å². The van der Waals surface area contributed by atoms with Gasteiger partial charge >= 0.3 is 0 Å². The number of pyridine rings is 2. The standard InChI is InChI=1S/C41H24N4S2/c1-3-7-35-31(5-1)32-6-2-4-8-36(32)41(35)37-19-25(27-17-29(23-42-21-27)39-44-13-15-46-39)9-11-33(37)34-12-10-26(20-38(34)41)28-18-30(24-43-22-28)40-45-14-16-47-40/h1-24H. The largest absolute Gasteiger partial charge is 0.263 e. The number of rotatable bonds is 4. The van der Waals surface area contributed by atoms with Crippen LogP contribution in [-0.4, -0.2) is 19.9 Å². The molecule has 0 bridgehead atoms. The van der Waals surface area contributed by atoms with Crippen LogP contribution < -0.4 is 0 Å². The van der Waals surface area contributed by atoms with Crippen molar-refractivity contribution in [3.05, 3.63) is 167 Å². The fourth-order valence-electron chi connectivity index (χ4n) is 7.66. The Labute approximate surface area is 279 Å². The first-order chi connectivity index (χ1) is 23.3. The molecule has 0 saturated carbocycles. The molecule has 220 valence electrons. The third kappa shape index (κ3) is 3.86. The van der Waals surface area contributed by atoms with E-state index in [1.54, 1.807) is 22.7 Å². The van der Waals surface area contributed by atoms with Crippen LogP contribution in [0.3, 0.4) is 0 Å². The summed E-state index contributed by atoms with van der Waals surface area (Å²) in [6.07, 6.45) is 11.4. The molecule has 47 heavy (non-hydrogen) atoms. The molecule has 0 unspecified atom stereocenters. The van der Waals surface area contributed by atoms with Crippen molar-refractivity contribution in [1.82, 2.24) is 19.9 Å². The zero-order valence-electron chi connectivity index (χ0n) is 25.0. The summed E-state index contributed by atoms with van der Waals surface area (Å²) < 4.78 is 0. The molecule has 0 atom stereocenters. The fraction of sp³-hybridized carbons (Fsp3) is 0.0244. The Morgan fingerprint density at radius 2 is 0.851 bits per heavy atom. The van der Waals surface area contributed by atoms with Gasteiger partial charge in [0, 0.05) is 70.2 Å². The molecule has 4 heterocycles. The molecule has 2 aliphatic rings. The summed E-state index contributed by atoms with van der Waals surface area (Å²) in [7, 11) is 0. The molecule has 0 aliphatic heterocycles. The van der Waals surface area contributed by atoms with Crippen LogP contribution >= 0.6 is 22.7 Å². The van der Waals surface area contributed by atoms with Gasteiger partial charge in [-0.2, -0.15) is 0 Å². The van der Waals surface area contributed by atoms with Gasteiger partial charge in [-0.1, -0.05) is 72.8 Å². The number of nitrogens with zero attached hydrogens (tertiary/aromatic N) is 4. The molecular formula is C41H24N4S2. The summed E-state index contributed by atoms with van der Waals surface area (Å²) in [5.41, 5.74) is 16.4. The van der Waals surface area contributed by atoms with Crippen LogP contribution in [0, 0.1) is 0 Å². The Bertz CT molecular complexity index is 2310. The second-order valence-electron chi connectivity index (χ2n) is 12.0. The summed E-state index contributed by atoms with van der Waals surface area (Å²) >= 11 is 3.26. The van der Waals surface area contributed by atoms with Crippen molar-refractivity contribution in [1.29, 1.82) is 0 Å². The van der Waals surface area contributed by atoms with Crippen molar-refractivity contribution in [3.8, 4) is 65.6 Å². The average Bonchev–Trinajstić information content (AvgIpc) is 3.96. The molecule has 8 aromatic rings. The summed E-state index contributed by atoms with van der Waals surface area (Å²) in [5.74, 6) is 0. The first kappa shape index (κ1) is 26.6. The van der Waals surface area contributed by atoms with Crippen LogP contribution in [0.1, 0.15) is 22.3 Å². The normalized spacial score (nSPS) is 13.3. The van der Waals surface area contributed by atoms with E-state index in [0.717, 1.165) is 43.4 Å². The lowest BCUT2D eigenvalue weighted by Gasteiger charge is -2.31. The highest BCUT2D eigenvalue weighted by Crippen LogP contribution is 2.63. The lowest BCUT2D eigenvalue weighted by atomic mass is 9.70. The molecule has 0 radical (unpaired) electrons. The predicted octanol–water partition coefficient (Wildman–Crippen LogP) is 10.4. The van der Waals surface area contributed by atoms with Crippen molar-refractivity contribution in [2.45, 2.75) is 5.41 Å². The van der Waals surface area contributed by atoms with E-state index in [-0.39, 0.29) is 0 Å². The first-order valence-electron chi connectivity index (χ1n) is 15.5. The van der Waals surface area contributed by atoms with E-state index < -0.39 is 5.41 Å². The molecule has 10 rings (SSSR count). The first-order valence-corrected chi connectivity index (χ1v) is 17.2. The quantitative estimate of drug-likeness (QED) is 0.193. The zero-order valence-corrected chi connectivity index (χ0v) is 26.6. The van der Waals surface area contributed by atoms with Crippen LogP contribution in [0.25, 0.3) is 65.6 Å². The van der Waals surface area contributed by atoms with Crippen LogP contribution in [0.15, 0.2) is 145 Å². The average molecular weight is 637 g/mol. The predicted molar refractivity (Wildman–Crippen MR) is 191 cm³/mol. The van der Waals surface area contributed by atoms with Crippen molar-refractivity contribution in [2.75, 3.05) is 0 Å². The molecule has 2 aliphatic carbocycles. The van der Waals surface area contributed by atoms with E-state index in [9.17, 15) is 0 Å². The number of thiazole rings is 2. The molecule has 6 heteroatoms. The number of hydrogen-bond donors (Lipinski definition) is 0. The van der Waals surface area contributed by atoms with Crippen molar-refractivity contribution in [3.63, 3.8) is 0 Å². The Kier molecular flexibility index (Phi) is 5.79. The second kappa shape index (κ2) is 10.2. The summed E-state index contributed by atoms with van der Waals surface area (Å²) in [6.45, 7) is 0. The minimum atomic E-state index is -0.468. The van der Waals surface area contributed by atoms with E-state index in [1.807, 2.05) is 47.9 Å². The van der Waals surface area contributed by atoms with Gasteiger partial charge in [-0.3, -0.25) is 9.97 Å². The molecule has 0 fully saturated rings. The molecule has 4 aromatic carbocycles. The summed E-state index contributed by atoms with van der Waals surface area (Å²) in [6, 6.07) is 36.2. The van der Waals surface area contributed by atoms with E-state index in [0.29, 0.717) is 0 Å². The third-order valence-electron chi connectivity index (χ3n) is 9.59. The van der Waals surface area contributed by atoms with Gasteiger partial charge in [-0.15, -0.1) is 22.7 Å². The van der Waals surface area contributed by atoms with E-state index in [1.165, 1.54) is 44.5 Å². The maximum atomic E-state index is 4.64. The van der Waals surface area contributed by atoms with E-state index >= 15 is 0 Å². The van der Waals surface area contributed by atoms with Gasteiger partial charge in [0.05, 0.1) is 5.41 Å². The van der Waals surface area contributed by atoms with Gasteiger partial charge in [0.15, 0.2) is 0 Å². The number of aromatic nitrogens is 4. The van der Waals surface area contributed by atoms with Gasteiger partial charge < -0.3 is 0 Å². The Morgan fingerprint density at radius 1 is 0.404 bits per heavy atom. The highest BCUT2D eigenvalue weighted by Gasteiger charge is 2.51. The Balaban J connectivity index is 1.22. The number of fused-ring (bicyclic) bond motifs is 10. The van der Waals surface area contributed by atoms with Crippen molar-refractivity contribution >= 4 is 22.7 Å². The van der Waals surface area contributed by atoms with Crippen molar-refractivity contribution in [2.24, 2.45) is 0 Å². The molecular weight excluding hydrogens is 613 g/mol. The minimum absolute atomic E-state index is 0.468. The molecule has 1 spiro atoms. The molecule has 0 N–H and O–H groups in total. The Hall–Kier alpha value is -5.56. The molecule has 4 nitrogen and oxygen atoms in total. The van der Waals surface area contributed by atoms with E-state index in [4.69, 9.17) is 0 Å². The van der Waals surface area contributed by atoms with Gasteiger partial charge in [0.25, 0.3) is 0 Å². The van der Waals surface area contributed by atoms with Gasteiger partial charge in [0.2, 0.25) is 0 Å².